The fourth-order valence-corrected chi connectivity index (χ4v) is 4.27. The second-order valence-corrected chi connectivity index (χ2v) is 7.74. The first kappa shape index (κ1) is 17.0. The van der Waals surface area contributed by atoms with E-state index in [0.717, 1.165) is 29.9 Å². The van der Waals surface area contributed by atoms with Crippen molar-refractivity contribution in [3.8, 4) is 5.75 Å². The predicted molar refractivity (Wildman–Crippen MR) is 98.1 cm³/mol. The Morgan fingerprint density at radius 3 is 2.39 bits per heavy atom. The summed E-state index contributed by atoms with van der Waals surface area (Å²) >= 11 is 5.12. The first-order valence-corrected chi connectivity index (χ1v) is 9.64. The van der Waals surface area contributed by atoms with Crippen LogP contribution < -0.4 is 4.74 Å². The van der Waals surface area contributed by atoms with Gasteiger partial charge in [-0.1, -0.05) is 24.3 Å². The van der Waals surface area contributed by atoms with Crippen molar-refractivity contribution < 1.29 is 9.47 Å². The molecule has 2 atom stereocenters. The summed E-state index contributed by atoms with van der Waals surface area (Å²) < 4.78 is 12.6. The molecule has 2 aromatic rings. The molecule has 0 saturated carbocycles. The van der Waals surface area contributed by atoms with E-state index < -0.39 is 0 Å². The minimum absolute atomic E-state index is 0.315. The first-order chi connectivity index (χ1) is 11.1. The quantitative estimate of drug-likeness (QED) is 0.732. The molecule has 0 bridgehead atoms. The standard InChI is InChI=1S/C18H22BrNO2S/c1-13-7-20(8-14(2)22-13)9-15-3-5-16(6-4-15)10-21-18-12-23-11-17(18)19/h3-6,11-14H,7-10H2,1-2H3. The molecule has 1 saturated heterocycles. The van der Waals surface area contributed by atoms with E-state index in [2.05, 4.69) is 58.9 Å². The Morgan fingerprint density at radius 1 is 1.13 bits per heavy atom. The number of benzene rings is 1. The molecule has 1 aliphatic rings. The maximum absolute atomic E-state index is 5.82. The molecule has 2 unspecified atom stereocenters. The molecule has 0 amide bonds. The molecule has 0 radical (unpaired) electrons. The lowest BCUT2D eigenvalue weighted by Crippen LogP contribution is -2.44. The third-order valence-electron chi connectivity index (χ3n) is 3.90. The first-order valence-electron chi connectivity index (χ1n) is 7.90. The van der Waals surface area contributed by atoms with Crippen LogP contribution in [0, 0.1) is 0 Å². The number of halogens is 1. The summed E-state index contributed by atoms with van der Waals surface area (Å²) in [5, 5.41) is 4.04. The Labute approximate surface area is 150 Å². The van der Waals surface area contributed by atoms with Crippen LogP contribution in [0.15, 0.2) is 39.5 Å². The summed E-state index contributed by atoms with van der Waals surface area (Å²) in [5.74, 6) is 0.912. The minimum atomic E-state index is 0.315. The molecule has 3 rings (SSSR count). The van der Waals surface area contributed by atoms with E-state index in [1.807, 2.05) is 10.8 Å². The normalized spacial score (nSPS) is 22.2. The van der Waals surface area contributed by atoms with Gasteiger partial charge in [0.2, 0.25) is 0 Å². The molecule has 3 nitrogen and oxygen atoms in total. The Kier molecular flexibility index (Phi) is 5.75. The predicted octanol–water partition coefficient (Wildman–Crippen LogP) is 4.70. The van der Waals surface area contributed by atoms with Crippen molar-refractivity contribution in [1.29, 1.82) is 0 Å². The van der Waals surface area contributed by atoms with Gasteiger partial charge in [0.25, 0.3) is 0 Å². The van der Waals surface area contributed by atoms with E-state index >= 15 is 0 Å². The topological polar surface area (TPSA) is 21.7 Å². The van der Waals surface area contributed by atoms with Crippen LogP contribution in [0.3, 0.4) is 0 Å². The van der Waals surface area contributed by atoms with E-state index in [1.54, 1.807) is 11.3 Å². The lowest BCUT2D eigenvalue weighted by atomic mass is 10.1. The Hall–Kier alpha value is -0.880. The molecule has 2 heterocycles. The summed E-state index contributed by atoms with van der Waals surface area (Å²) in [6.07, 6.45) is 0.631. The molecular formula is C18H22BrNO2S. The van der Waals surface area contributed by atoms with Gasteiger partial charge in [-0.15, -0.1) is 11.3 Å². The molecule has 1 aliphatic heterocycles. The van der Waals surface area contributed by atoms with Crippen LogP contribution in [-0.4, -0.2) is 30.2 Å². The molecule has 0 spiro atoms. The van der Waals surface area contributed by atoms with Gasteiger partial charge < -0.3 is 9.47 Å². The van der Waals surface area contributed by atoms with Gasteiger partial charge in [0.05, 0.1) is 16.7 Å². The summed E-state index contributed by atoms with van der Waals surface area (Å²) in [5.41, 5.74) is 2.53. The van der Waals surface area contributed by atoms with Gasteiger partial charge >= 0.3 is 0 Å². The van der Waals surface area contributed by atoms with Crippen molar-refractivity contribution in [3.63, 3.8) is 0 Å². The van der Waals surface area contributed by atoms with Crippen LogP contribution in [-0.2, 0) is 17.9 Å². The molecule has 1 aromatic carbocycles. The number of ether oxygens (including phenoxy) is 2. The van der Waals surface area contributed by atoms with Gasteiger partial charge in [-0.3, -0.25) is 4.90 Å². The maximum atomic E-state index is 5.82. The fraction of sp³-hybridized carbons (Fsp3) is 0.444. The zero-order valence-electron chi connectivity index (χ0n) is 13.5. The number of rotatable bonds is 5. The summed E-state index contributed by atoms with van der Waals surface area (Å²) in [6.45, 7) is 7.87. The Balaban J connectivity index is 1.53. The van der Waals surface area contributed by atoms with Gasteiger partial charge in [-0.2, -0.15) is 0 Å². The smallest absolute Gasteiger partial charge is 0.144 e. The third kappa shape index (κ3) is 4.80. The molecular weight excluding hydrogens is 374 g/mol. The Bertz CT molecular complexity index is 618. The van der Waals surface area contributed by atoms with Crippen molar-refractivity contribution in [3.05, 3.63) is 50.6 Å². The van der Waals surface area contributed by atoms with Crippen molar-refractivity contribution in [2.45, 2.75) is 39.2 Å². The highest BCUT2D eigenvalue weighted by atomic mass is 79.9. The molecule has 0 N–H and O–H groups in total. The van der Waals surface area contributed by atoms with E-state index in [-0.39, 0.29) is 0 Å². The zero-order chi connectivity index (χ0) is 16.2. The second-order valence-electron chi connectivity index (χ2n) is 6.14. The summed E-state index contributed by atoms with van der Waals surface area (Å²) in [7, 11) is 0. The number of hydrogen-bond donors (Lipinski definition) is 0. The molecule has 1 aromatic heterocycles. The molecule has 0 aliphatic carbocycles. The van der Waals surface area contributed by atoms with Gasteiger partial charge in [-0.25, -0.2) is 0 Å². The average Bonchev–Trinajstić information content (AvgIpc) is 2.91. The van der Waals surface area contributed by atoms with Crippen molar-refractivity contribution in [2.24, 2.45) is 0 Å². The lowest BCUT2D eigenvalue weighted by molar-refractivity contribution is -0.0704. The number of thiophene rings is 1. The highest BCUT2D eigenvalue weighted by molar-refractivity contribution is 9.10. The van der Waals surface area contributed by atoms with Gasteiger partial charge in [0, 0.05) is 30.4 Å². The maximum Gasteiger partial charge on any atom is 0.144 e. The largest absolute Gasteiger partial charge is 0.487 e. The molecule has 124 valence electrons. The highest BCUT2D eigenvalue weighted by Gasteiger charge is 2.21. The van der Waals surface area contributed by atoms with E-state index in [9.17, 15) is 0 Å². The minimum Gasteiger partial charge on any atom is -0.487 e. The van der Waals surface area contributed by atoms with Crippen LogP contribution in [0.1, 0.15) is 25.0 Å². The van der Waals surface area contributed by atoms with Crippen molar-refractivity contribution >= 4 is 27.3 Å². The van der Waals surface area contributed by atoms with Crippen LogP contribution in [0.25, 0.3) is 0 Å². The number of hydrogen-bond acceptors (Lipinski definition) is 4. The van der Waals surface area contributed by atoms with Gasteiger partial charge in [0.1, 0.15) is 12.4 Å². The monoisotopic (exact) mass is 395 g/mol. The fourth-order valence-electron chi connectivity index (χ4n) is 2.95. The average molecular weight is 396 g/mol. The SMILES string of the molecule is CC1CN(Cc2ccc(COc3cscc3Br)cc2)CC(C)O1. The van der Waals surface area contributed by atoms with Crippen molar-refractivity contribution in [2.75, 3.05) is 13.1 Å². The molecule has 23 heavy (non-hydrogen) atoms. The summed E-state index contributed by atoms with van der Waals surface area (Å²) in [4.78, 5) is 2.47. The van der Waals surface area contributed by atoms with E-state index in [1.165, 1.54) is 11.1 Å². The van der Waals surface area contributed by atoms with Crippen LogP contribution >= 0.6 is 27.3 Å². The van der Waals surface area contributed by atoms with Crippen LogP contribution in [0.5, 0.6) is 5.75 Å². The van der Waals surface area contributed by atoms with E-state index in [4.69, 9.17) is 9.47 Å². The zero-order valence-corrected chi connectivity index (χ0v) is 15.9. The van der Waals surface area contributed by atoms with Crippen LogP contribution in [0.4, 0.5) is 0 Å². The van der Waals surface area contributed by atoms with Gasteiger partial charge in [-0.05, 0) is 40.9 Å². The number of morpholine rings is 1. The third-order valence-corrected chi connectivity index (χ3v) is 5.55. The molecule has 1 fully saturated rings. The van der Waals surface area contributed by atoms with Gasteiger partial charge in [0.15, 0.2) is 0 Å². The molecule has 5 heteroatoms. The van der Waals surface area contributed by atoms with E-state index in [0.29, 0.717) is 18.8 Å². The Morgan fingerprint density at radius 2 is 1.78 bits per heavy atom. The van der Waals surface area contributed by atoms with Crippen LogP contribution in [0.2, 0.25) is 0 Å². The second kappa shape index (κ2) is 7.79. The number of nitrogens with zero attached hydrogens (tertiary/aromatic N) is 1. The van der Waals surface area contributed by atoms with Crippen molar-refractivity contribution in [1.82, 2.24) is 4.90 Å². The highest BCUT2D eigenvalue weighted by Crippen LogP contribution is 2.29. The summed E-state index contributed by atoms with van der Waals surface area (Å²) in [6, 6.07) is 8.71. The lowest BCUT2D eigenvalue weighted by Gasteiger charge is -2.35.